The third-order valence-electron chi connectivity index (χ3n) is 6.68. The molecule has 3 aliphatic rings. The largest absolute Gasteiger partial charge is 0.485 e. The van der Waals surface area contributed by atoms with Crippen molar-refractivity contribution < 1.29 is 28.4 Å². The molecule has 39 heavy (non-hydrogen) atoms. The summed E-state index contributed by atoms with van der Waals surface area (Å²) >= 11 is 4.98. The Labute approximate surface area is 236 Å². The highest BCUT2D eigenvalue weighted by molar-refractivity contribution is 7.29. The van der Waals surface area contributed by atoms with Crippen LogP contribution >= 0.6 is 34.0 Å². The highest BCUT2D eigenvalue weighted by atomic mass is 32.1. The van der Waals surface area contributed by atoms with Gasteiger partial charge in [0.1, 0.15) is 39.6 Å². The van der Waals surface area contributed by atoms with E-state index >= 15 is 0 Å². The van der Waals surface area contributed by atoms with E-state index in [1.807, 2.05) is 36.4 Å². The molecular weight excluding hydrogens is 553 g/mol. The number of thiophene rings is 3. The minimum atomic E-state index is 0.490. The van der Waals surface area contributed by atoms with Crippen LogP contribution in [-0.4, -0.2) is 39.6 Å². The zero-order valence-corrected chi connectivity index (χ0v) is 23.1. The zero-order valence-electron chi connectivity index (χ0n) is 20.7. The molecule has 3 aliphatic heterocycles. The molecular formula is C30H22O6S3. The van der Waals surface area contributed by atoms with Crippen molar-refractivity contribution in [2.24, 2.45) is 0 Å². The minimum absolute atomic E-state index is 0.490. The highest BCUT2D eigenvalue weighted by Gasteiger charge is 2.36. The van der Waals surface area contributed by atoms with Crippen LogP contribution in [0.3, 0.4) is 0 Å². The molecule has 8 rings (SSSR count). The van der Waals surface area contributed by atoms with E-state index in [1.165, 1.54) is 0 Å². The van der Waals surface area contributed by atoms with E-state index in [9.17, 15) is 0 Å². The SMILES string of the molecule is c1ccc(-c2sc(-c3sc(-c4sc(-c5ccccc5)c5c4OCCO5)c4c3OCCO4)c3c2OCCO3)cc1. The first kappa shape index (κ1) is 23.2. The average Bonchev–Trinajstić information content (AvgIpc) is 3.70. The zero-order chi connectivity index (χ0) is 25.8. The molecule has 0 fully saturated rings. The van der Waals surface area contributed by atoms with Crippen LogP contribution in [0.15, 0.2) is 60.7 Å². The number of hydrogen-bond donors (Lipinski definition) is 0. The van der Waals surface area contributed by atoms with Crippen molar-refractivity contribution in [1.82, 2.24) is 0 Å². The molecule has 196 valence electrons. The maximum atomic E-state index is 6.28. The Kier molecular flexibility index (Phi) is 5.67. The van der Waals surface area contributed by atoms with E-state index in [2.05, 4.69) is 24.3 Å². The Hall–Kier alpha value is -3.66. The summed E-state index contributed by atoms with van der Waals surface area (Å²) in [6.07, 6.45) is 0. The fourth-order valence-electron chi connectivity index (χ4n) is 5.01. The minimum Gasteiger partial charge on any atom is -0.485 e. The first-order valence-corrected chi connectivity index (χ1v) is 15.2. The van der Waals surface area contributed by atoms with Crippen LogP contribution in [0, 0.1) is 0 Å². The van der Waals surface area contributed by atoms with Crippen molar-refractivity contribution in [2.45, 2.75) is 0 Å². The van der Waals surface area contributed by atoms with Gasteiger partial charge in [-0.1, -0.05) is 60.7 Å². The van der Waals surface area contributed by atoms with E-state index < -0.39 is 0 Å². The van der Waals surface area contributed by atoms with Crippen molar-refractivity contribution in [1.29, 1.82) is 0 Å². The topological polar surface area (TPSA) is 55.4 Å². The summed E-state index contributed by atoms with van der Waals surface area (Å²) in [5.41, 5.74) is 2.20. The van der Waals surface area contributed by atoms with Gasteiger partial charge in [0.2, 0.25) is 0 Å². The summed E-state index contributed by atoms with van der Waals surface area (Å²) in [4.78, 5) is 6.05. The number of benzene rings is 2. The second-order valence-electron chi connectivity index (χ2n) is 9.08. The number of ether oxygens (including phenoxy) is 6. The third kappa shape index (κ3) is 3.79. The average molecular weight is 575 g/mol. The van der Waals surface area contributed by atoms with Gasteiger partial charge >= 0.3 is 0 Å². The lowest BCUT2D eigenvalue weighted by atomic mass is 10.1. The smallest absolute Gasteiger partial charge is 0.181 e. The summed E-state index contributed by atoms with van der Waals surface area (Å²) in [7, 11) is 0. The van der Waals surface area contributed by atoms with Gasteiger partial charge in [-0.2, -0.15) is 0 Å². The number of fused-ring (bicyclic) bond motifs is 3. The van der Waals surface area contributed by atoms with E-state index in [4.69, 9.17) is 28.4 Å². The predicted octanol–water partition coefficient (Wildman–Crippen LogP) is 7.85. The van der Waals surface area contributed by atoms with Gasteiger partial charge in [0.25, 0.3) is 0 Å². The molecule has 0 spiro atoms. The molecule has 6 nitrogen and oxygen atoms in total. The highest BCUT2D eigenvalue weighted by Crippen LogP contribution is 2.64. The van der Waals surface area contributed by atoms with E-state index in [0.29, 0.717) is 39.6 Å². The van der Waals surface area contributed by atoms with Crippen molar-refractivity contribution in [3.8, 4) is 74.9 Å². The van der Waals surface area contributed by atoms with Crippen LogP contribution < -0.4 is 28.4 Å². The summed E-state index contributed by atoms with van der Waals surface area (Å²) < 4.78 is 37.3. The monoisotopic (exact) mass is 574 g/mol. The van der Waals surface area contributed by atoms with Crippen molar-refractivity contribution in [3.63, 3.8) is 0 Å². The molecule has 0 saturated carbocycles. The van der Waals surface area contributed by atoms with Gasteiger partial charge in [-0.05, 0) is 11.1 Å². The molecule has 6 heterocycles. The molecule has 0 radical (unpaired) electrons. The fraction of sp³-hybridized carbons (Fsp3) is 0.200. The van der Waals surface area contributed by atoms with E-state index in [-0.39, 0.29) is 0 Å². The van der Waals surface area contributed by atoms with E-state index in [0.717, 1.165) is 74.9 Å². The van der Waals surface area contributed by atoms with Crippen molar-refractivity contribution in [2.75, 3.05) is 39.6 Å². The van der Waals surface area contributed by atoms with Gasteiger partial charge in [0.15, 0.2) is 34.5 Å². The molecule has 3 aromatic heterocycles. The van der Waals surface area contributed by atoms with Crippen molar-refractivity contribution >= 4 is 34.0 Å². The van der Waals surface area contributed by atoms with Crippen LogP contribution in [0.4, 0.5) is 0 Å². The van der Waals surface area contributed by atoms with Crippen LogP contribution in [0.25, 0.3) is 40.4 Å². The molecule has 0 amide bonds. The summed E-state index contributed by atoms with van der Waals surface area (Å²) in [6.45, 7) is 3.04. The van der Waals surface area contributed by atoms with Crippen LogP contribution in [-0.2, 0) is 0 Å². The lowest BCUT2D eigenvalue weighted by Crippen LogP contribution is -2.16. The Morgan fingerprint density at radius 1 is 0.333 bits per heavy atom. The Balaban J connectivity index is 1.33. The van der Waals surface area contributed by atoms with Crippen LogP contribution in [0.1, 0.15) is 0 Å². The molecule has 0 bridgehead atoms. The maximum absolute atomic E-state index is 6.28. The summed E-state index contributed by atoms with van der Waals surface area (Å²) in [6, 6.07) is 20.6. The van der Waals surface area contributed by atoms with Crippen molar-refractivity contribution in [3.05, 3.63) is 60.7 Å². The summed E-state index contributed by atoms with van der Waals surface area (Å²) in [5.74, 6) is 4.63. The predicted molar refractivity (Wildman–Crippen MR) is 155 cm³/mol. The van der Waals surface area contributed by atoms with Gasteiger partial charge in [0.05, 0.1) is 29.3 Å². The first-order chi connectivity index (χ1) is 19.4. The quantitative estimate of drug-likeness (QED) is 0.218. The molecule has 0 unspecified atom stereocenters. The molecule has 0 N–H and O–H groups in total. The number of rotatable bonds is 4. The van der Waals surface area contributed by atoms with Gasteiger partial charge in [-0.25, -0.2) is 0 Å². The Morgan fingerprint density at radius 2 is 0.590 bits per heavy atom. The van der Waals surface area contributed by atoms with Crippen LogP contribution in [0.2, 0.25) is 0 Å². The summed E-state index contributed by atoms with van der Waals surface area (Å²) in [5, 5.41) is 0. The normalized spacial score (nSPS) is 15.3. The molecule has 0 saturated heterocycles. The van der Waals surface area contributed by atoms with Crippen LogP contribution in [0.5, 0.6) is 34.5 Å². The van der Waals surface area contributed by atoms with Gasteiger partial charge in [0, 0.05) is 0 Å². The Bertz CT molecular complexity index is 1550. The van der Waals surface area contributed by atoms with Gasteiger partial charge in [-0.3, -0.25) is 0 Å². The maximum Gasteiger partial charge on any atom is 0.181 e. The van der Waals surface area contributed by atoms with E-state index in [1.54, 1.807) is 34.0 Å². The van der Waals surface area contributed by atoms with Gasteiger partial charge in [-0.15, -0.1) is 34.0 Å². The lowest BCUT2D eigenvalue weighted by molar-refractivity contribution is 0.171. The molecule has 0 aliphatic carbocycles. The van der Waals surface area contributed by atoms with Gasteiger partial charge < -0.3 is 28.4 Å². The number of hydrogen-bond acceptors (Lipinski definition) is 9. The standard InChI is InChI=1S/C30H22O6S3/c1-3-7-17(8-4-1)25-19-21(33-13-11-31-19)27(37-25)29-23-24(36-16-15-35-23)30(39-29)28-22-20(32-12-14-34-22)26(38-28)18-9-5-2-6-10-18/h1-10H,11-16H2. The molecule has 9 heteroatoms. The molecule has 2 aromatic carbocycles. The molecule has 0 atom stereocenters. The second-order valence-corrected chi connectivity index (χ2v) is 12.1. The molecule has 5 aromatic rings. The first-order valence-electron chi connectivity index (χ1n) is 12.8. The Morgan fingerprint density at radius 3 is 0.897 bits per heavy atom. The lowest BCUT2D eigenvalue weighted by Gasteiger charge is -2.19. The third-order valence-corrected chi connectivity index (χ3v) is 10.6. The second kappa shape index (κ2) is 9.51. The fourth-order valence-corrected chi connectivity index (χ4v) is 8.84.